The van der Waals surface area contributed by atoms with Gasteiger partial charge < -0.3 is 10.8 Å². The van der Waals surface area contributed by atoms with Crippen molar-refractivity contribution in [3.8, 4) is 5.75 Å². The highest BCUT2D eigenvalue weighted by atomic mass is 16.3. The molecule has 0 saturated carbocycles. The van der Waals surface area contributed by atoms with E-state index in [-0.39, 0.29) is 5.75 Å². The third-order valence-corrected chi connectivity index (χ3v) is 1.31. The van der Waals surface area contributed by atoms with Crippen molar-refractivity contribution in [3.63, 3.8) is 0 Å². The summed E-state index contributed by atoms with van der Waals surface area (Å²) in [7, 11) is 0. The van der Waals surface area contributed by atoms with Crippen LogP contribution in [0.15, 0.2) is 30.3 Å². The van der Waals surface area contributed by atoms with Gasteiger partial charge in [0, 0.05) is 6.08 Å². The van der Waals surface area contributed by atoms with Gasteiger partial charge in [-0.15, -0.1) is 0 Å². The van der Waals surface area contributed by atoms with Gasteiger partial charge in [-0.1, -0.05) is 12.1 Å². The molecule has 62 valence electrons. The van der Waals surface area contributed by atoms with E-state index < -0.39 is 5.91 Å². The second-order valence-corrected chi connectivity index (χ2v) is 2.33. The minimum absolute atomic E-state index is 0.168. The molecule has 0 spiro atoms. The summed E-state index contributed by atoms with van der Waals surface area (Å²) < 4.78 is 0. The molecule has 0 unspecified atom stereocenters. The average Bonchev–Trinajstić information content (AvgIpc) is 2.01. The smallest absolute Gasteiger partial charge is 0.241 e. The quantitative estimate of drug-likeness (QED) is 0.636. The van der Waals surface area contributed by atoms with Gasteiger partial charge in [0.15, 0.2) is 0 Å². The first-order valence-electron chi connectivity index (χ1n) is 3.45. The van der Waals surface area contributed by atoms with Crippen molar-refractivity contribution >= 4 is 12.0 Å². The van der Waals surface area contributed by atoms with Crippen molar-refractivity contribution in [2.45, 2.75) is 0 Å². The summed E-state index contributed by atoms with van der Waals surface area (Å²) in [5.74, 6) is -0.333. The second kappa shape index (κ2) is 3.57. The van der Waals surface area contributed by atoms with Gasteiger partial charge in [-0.25, -0.2) is 0 Å². The predicted octanol–water partition coefficient (Wildman–Crippen LogP) is 0.891. The van der Waals surface area contributed by atoms with Crippen LogP contribution in [0.1, 0.15) is 5.56 Å². The van der Waals surface area contributed by atoms with Crippen LogP contribution in [-0.2, 0) is 4.79 Å². The van der Waals surface area contributed by atoms with Crippen molar-refractivity contribution in [1.82, 2.24) is 0 Å². The van der Waals surface area contributed by atoms with Crippen LogP contribution in [0.3, 0.4) is 0 Å². The standard InChI is InChI=1S/C9H9NO2/c10-9(12)5-4-7-2-1-3-8(11)6-7/h1-6,11H,(H2,10,12)/b5-4+. The Morgan fingerprint density at radius 1 is 1.50 bits per heavy atom. The van der Waals surface area contributed by atoms with Crippen molar-refractivity contribution in [3.05, 3.63) is 35.9 Å². The zero-order chi connectivity index (χ0) is 8.97. The lowest BCUT2D eigenvalue weighted by Gasteiger charge is -1.92. The number of rotatable bonds is 2. The number of phenolic OH excluding ortho intramolecular Hbond substituents is 1. The lowest BCUT2D eigenvalue weighted by molar-refractivity contribution is -0.113. The summed E-state index contributed by atoms with van der Waals surface area (Å²) in [5.41, 5.74) is 5.63. The Morgan fingerprint density at radius 3 is 2.83 bits per heavy atom. The van der Waals surface area contributed by atoms with Crippen LogP contribution in [0.2, 0.25) is 0 Å². The SMILES string of the molecule is NC(=O)/C=C/c1cccc(O)c1. The van der Waals surface area contributed by atoms with Crippen LogP contribution in [0.4, 0.5) is 0 Å². The second-order valence-electron chi connectivity index (χ2n) is 2.33. The molecule has 0 radical (unpaired) electrons. The third-order valence-electron chi connectivity index (χ3n) is 1.31. The molecule has 1 amide bonds. The Bertz CT molecular complexity index is 318. The van der Waals surface area contributed by atoms with Gasteiger partial charge in [0.2, 0.25) is 5.91 Å². The van der Waals surface area contributed by atoms with E-state index in [0.29, 0.717) is 0 Å². The van der Waals surface area contributed by atoms with Crippen LogP contribution >= 0.6 is 0 Å². The predicted molar refractivity (Wildman–Crippen MR) is 46.3 cm³/mol. The fourth-order valence-electron chi connectivity index (χ4n) is 0.807. The highest BCUT2D eigenvalue weighted by Crippen LogP contribution is 2.11. The summed E-state index contributed by atoms with van der Waals surface area (Å²) in [4.78, 5) is 10.3. The maximum Gasteiger partial charge on any atom is 0.241 e. The van der Waals surface area contributed by atoms with Crippen molar-refractivity contribution < 1.29 is 9.90 Å². The molecular formula is C9H9NO2. The van der Waals surface area contributed by atoms with Gasteiger partial charge in [-0.2, -0.15) is 0 Å². The third kappa shape index (κ3) is 2.46. The first kappa shape index (κ1) is 8.33. The number of phenols is 1. The summed E-state index contributed by atoms with van der Waals surface area (Å²) in [6, 6.07) is 6.55. The van der Waals surface area contributed by atoms with E-state index in [0.717, 1.165) is 5.56 Å². The molecular weight excluding hydrogens is 154 g/mol. The average molecular weight is 163 g/mol. The zero-order valence-corrected chi connectivity index (χ0v) is 6.40. The number of nitrogens with two attached hydrogens (primary N) is 1. The van der Waals surface area contributed by atoms with E-state index in [4.69, 9.17) is 10.8 Å². The van der Waals surface area contributed by atoms with Crippen LogP contribution in [0.25, 0.3) is 6.08 Å². The number of amides is 1. The van der Waals surface area contributed by atoms with Gasteiger partial charge in [-0.3, -0.25) is 4.79 Å². The van der Waals surface area contributed by atoms with Gasteiger partial charge >= 0.3 is 0 Å². The molecule has 3 nitrogen and oxygen atoms in total. The van der Waals surface area contributed by atoms with Gasteiger partial charge in [0.05, 0.1) is 0 Å². The van der Waals surface area contributed by atoms with Crippen LogP contribution < -0.4 is 5.73 Å². The van der Waals surface area contributed by atoms with E-state index >= 15 is 0 Å². The minimum Gasteiger partial charge on any atom is -0.508 e. The molecule has 0 aliphatic rings. The number of hydrogen-bond acceptors (Lipinski definition) is 2. The van der Waals surface area contributed by atoms with Gasteiger partial charge in [-0.05, 0) is 23.8 Å². The largest absolute Gasteiger partial charge is 0.508 e. The molecule has 0 aliphatic carbocycles. The van der Waals surface area contributed by atoms with E-state index in [1.165, 1.54) is 6.08 Å². The van der Waals surface area contributed by atoms with Gasteiger partial charge in [0.1, 0.15) is 5.75 Å². The number of primary amides is 1. The van der Waals surface area contributed by atoms with Crippen LogP contribution in [-0.4, -0.2) is 11.0 Å². The molecule has 12 heavy (non-hydrogen) atoms. The first-order chi connectivity index (χ1) is 5.68. The fraction of sp³-hybridized carbons (Fsp3) is 0. The molecule has 0 saturated heterocycles. The van der Waals surface area contributed by atoms with E-state index in [2.05, 4.69) is 0 Å². The molecule has 0 bridgehead atoms. The summed E-state index contributed by atoms with van der Waals surface area (Å²) >= 11 is 0. The van der Waals surface area contributed by atoms with Crippen molar-refractivity contribution in [2.24, 2.45) is 5.73 Å². The molecule has 1 aromatic rings. The molecule has 0 aromatic heterocycles. The normalized spacial score (nSPS) is 10.3. The Morgan fingerprint density at radius 2 is 2.25 bits per heavy atom. The Balaban J connectivity index is 2.83. The Labute approximate surface area is 70.1 Å². The molecule has 0 heterocycles. The topological polar surface area (TPSA) is 63.3 Å². The molecule has 0 fully saturated rings. The van der Waals surface area contributed by atoms with Crippen LogP contribution in [0, 0.1) is 0 Å². The molecule has 1 rings (SSSR count). The number of carbonyl (C=O) groups is 1. The fourth-order valence-corrected chi connectivity index (χ4v) is 0.807. The Hall–Kier alpha value is -1.77. The maximum atomic E-state index is 10.3. The molecule has 1 aromatic carbocycles. The Kier molecular flexibility index (Phi) is 2.48. The number of aromatic hydroxyl groups is 1. The summed E-state index contributed by atoms with van der Waals surface area (Å²) in [6.45, 7) is 0. The lowest BCUT2D eigenvalue weighted by Crippen LogP contribution is -2.04. The summed E-state index contributed by atoms with van der Waals surface area (Å²) in [5, 5.41) is 9.03. The van der Waals surface area contributed by atoms with Crippen molar-refractivity contribution in [2.75, 3.05) is 0 Å². The summed E-state index contributed by atoms with van der Waals surface area (Å²) in [6.07, 6.45) is 2.79. The lowest BCUT2D eigenvalue weighted by atomic mass is 10.2. The first-order valence-corrected chi connectivity index (χ1v) is 3.45. The van der Waals surface area contributed by atoms with Crippen LogP contribution in [0.5, 0.6) is 5.75 Å². The minimum atomic E-state index is -0.502. The number of carbonyl (C=O) groups excluding carboxylic acids is 1. The molecule has 3 N–H and O–H groups in total. The molecule has 3 heteroatoms. The number of hydrogen-bond donors (Lipinski definition) is 2. The molecule has 0 aliphatic heterocycles. The zero-order valence-electron chi connectivity index (χ0n) is 6.40. The van der Waals surface area contributed by atoms with E-state index in [1.807, 2.05) is 0 Å². The highest BCUT2D eigenvalue weighted by molar-refractivity contribution is 5.90. The monoisotopic (exact) mass is 163 g/mol. The maximum absolute atomic E-state index is 10.3. The highest BCUT2D eigenvalue weighted by Gasteiger charge is 1.89. The van der Waals surface area contributed by atoms with E-state index in [1.54, 1.807) is 30.3 Å². The molecule has 0 atom stereocenters. The van der Waals surface area contributed by atoms with Gasteiger partial charge in [0.25, 0.3) is 0 Å². The van der Waals surface area contributed by atoms with Crippen molar-refractivity contribution in [1.29, 1.82) is 0 Å². The van der Waals surface area contributed by atoms with E-state index in [9.17, 15) is 4.79 Å². The number of benzene rings is 1.